The summed E-state index contributed by atoms with van der Waals surface area (Å²) in [7, 11) is 0. The zero-order valence-electron chi connectivity index (χ0n) is 15.7. The van der Waals surface area contributed by atoms with Crippen LogP contribution in [0, 0.1) is 5.41 Å². The number of halogens is 3. The van der Waals surface area contributed by atoms with Crippen LogP contribution < -0.4 is 10.2 Å². The lowest BCUT2D eigenvalue weighted by atomic mass is 9.92. The third-order valence-corrected chi connectivity index (χ3v) is 3.66. The molecule has 1 N–H and O–H groups in total. The van der Waals surface area contributed by atoms with E-state index < -0.39 is 11.7 Å². The molecular formula is C19H27F3N2O2. The molecule has 1 aromatic carbocycles. The number of rotatable bonds is 7. The number of hydrogen-bond donors (Lipinski definition) is 1. The van der Waals surface area contributed by atoms with Crippen LogP contribution in [-0.2, 0) is 15.8 Å². The number of alkyl halides is 3. The fourth-order valence-electron chi connectivity index (χ4n) is 2.45. The first kappa shape index (κ1) is 22.0. The summed E-state index contributed by atoms with van der Waals surface area (Å²) in [6.45, 7) is 8.14. The van der Waals surface area contributed by atoms with Crippen LogP contribution in [0.15, 0.2) is 24.3 Å². The largest absolute Gasteiger partial charge is 0.416 e. The maximum atomic E-state index is 12.9. The lowest BCUT2D eigenvalue weighted by Crippen LogP contribution is -2.34. The molecule has 0 heterocycles. The highest BCUT2D eigenvalue weighted by atomic mass is 19.4. The lowest BCUT2D eigenvalue weighted by molar-refractivity contribution is -0.137. The predicted octanol–water partition coefficient (Wildman–Crippen LogP) is 4.39. The van der Waals surface area contributed by atoms with Gasteiger partial charge in [-0.3, -0.25) is 9.59 Å². The number of carbonyl (C=O) groups excluding carboxylic acids is 2. The predicted molar refractivity (Wildman–Crippen MR) is 95.8 cm³/mol. The Bertz CT molecular complexity index is 622. The van der Waals surface area contributed by atoms with E-state index in [1.54, 1.807) is 6.92 Å². The monoisotopic (exact) mass is 372 g/mol. The molecule has 0 aromatic heterocycles. The Kier molecular flexibility index (Phi) is 7.66. The fourth-order valence-corrected chi connectivity index (χ4v) is 2.45. The Morgan fingerprint density at radius 1 is 1.15 bits per heavy atom. The van der Waals surface area contributed by atoms with E-state index in [0.717, 1.165) is 12.1 Å². The highest BCUT2D eigenvalue weighted by Crippen LogP contribution is 2.31. The summed E-state index contributed by atoms with van der Waals surface area (Å²) in [6, 6.07) is 4.73. The number of hydrogen-bond acceptors (Lipinski definition) is 2. The van der Waals surface area contributed by atoms with Gasteiger partial charge in [-0.15, -0.1) is 0 Å². The van der Waals surface area contributed by atoms with Crippen molar-refractivity contribution >= 4 is 17.5 Å². The van der Waals surface area contributed by atoms with E-state index in [2.05, 4.69) is 5.32 Å². The van der Waals surface area contributed by atoms with E-state index in [0.29, 0.717) is 19.4 Å². The minimum Gasteiger partial charge on any atom is -0.356 e. The van der Waals surface area contributed by atoms with E-state index in [9.17, 15) is 22.8 Å². The van der Waals surface area contributed by atoms with Gasteiger partial charge in [-0.25, -0.2) is 0 Å². The molecule has 0 radical (unpaired) electrons. The molecule has 0 aliphatic rings. The number of anilines is 1. The summed E-state index contributed by atoms with van der Waals surface area (Å²) < 4.78 is 38.7. The molecule has 0 fully saturated rings. The quantitative estimate of drug-likeness (QED) is 0.722. The van der Waals surface area contributed by atoms with E-state index in [1.165, 1.54) is 17.0 Å². The zero-order valence-corrected chi connectivity index (χ0v) is 15.7. The normalized spacial score (nSPS) is 12.0. The molecule has 0 aliphatic heterocycles. The molecule has 0 spiro atoms. The summed E-state index contributed by atoms with van der Waals surface area (Å²) in [6.07, 6.45) is -3.43. The van der Waals surface area contributed by atoms with Crippen molar-refractivity contribution in [3.05, 3.63) is 29.8 Å². The molecule has 1 aromatic rings. The molecule has 0 bridgehead atoms. The van der Waals surface area contributed by atoms with Crippen LogP contribution >= 0.6 is 0 Å². The van der Waals surface area contributed by atoms with Crippen molar-refractivity contribution in [3.63, 3.8) is 0 Å². The molecule has 0 saturated carbocycles. The molecule has 1 rings (SSSR count). The van der Waals surface area contributed by atoms with Crippen LogP contribution in [-0.4, -0.2) is 24.9 Å². The van der Waals surface area contributed by atoms with Crippen molar-refractivity contribution in [2.75, 3.05) is 18.0 Å². The molecule has 0 aliphatic carbocycles. The van der Waals surface area contributed by atoms with E-state index in [1.807, 2.05) is 20.8 Å². The molecule has 0 unspecified atom stereocenters. The van der Waals surface area contributed by atoms with Crippen molar-refractivity contribution in [1.82, 2.24) is 5.32 Å². The van der Waals surface area contributed by atoms with Gasteiger partial charge in [-0.2, -0.15) is 13.2 Å². The Hall–Kier alpha value is -2.05. The Balaban J connectivity index is 2.72. The maximum Gasteiger partial charge on any atom is 0.416 e. The first-order chi connectivity index (χ1) is 11.9. The van der Waals surface area contributed by atoms with Crippen LogP contribution in [0.3, 0.4) is 0 Å². The minimum absolute atomic E-state index is 0.0788. The van der Waals surface area contributed by atoms with Gasteiger partial charge in [0.2, 0.25) is 11.8 Å². The number of nitrogens with one attached hydrogen (secondary N) is 1. The average Bonchev–Trinajstić information content (AvgIpc) is 2.52. The molecular weight excluding hydrogens is 345 g/mol. The third-order valence-electron chi connectivity index (χ3n) is 3.66. The van der Waals surface area contributed by atoms with Gasteiger partial charge in [0.15, 0.2) is 0 Å². The van der Waals surface area contributed by atoms with Crippen LogP contribution in [0.4, 0.5) is 18.9 Å². The molecule has 0 atom stereocenters. The van der Waals surface area contributed by atoms with E-state index in [4.69, 9.17) is 0 Å². The van der Waals surface area contributed by atoms with Crippen molar-refractivity contribution in [1.29, 1.82) is 0 Å². The fraction of sp³-hybridized carbons (Fsp3) is 0.579. The first-order valence-electron chi connectivity index (χ1n) is 8.68. The second-order valence-electron chi connectivity index (χ2n) is 7.39. The van der Waals surface area contributed by atoms with Gasteiger partial charge in [0, 0.05) is 31.6 Å². The Labute approximate surface area is 152 Å². The third kappa shape index (κ3) is 7.45. The number of benzene rings is 1. The van der Waals surface area contributed by atoms with Crippen molar-refractivity contribution in [2.45, 2.75) is 53.1 Å². The summed E-state index contributed by atoms with van der Waals surface area (Å²) in [5.74, 6) is -0.338. The van der Waals surface area contributed by atoms with Crippen LogP contribution in [0.25, 0.3) is 0 Å². The highest BCUT2D eigenvalue weighted by molar-refractivity contribution is 5.93. The van der Waals surface area contributed by atoms with E-state index >= 15 is 0 Å². The Morgan fingerprint density at radius 3 is 2.35 bits per heavy atom. The van der Waals surface area contributed by atoms with Gasteiger partial charge in [0.05, 0.1) is 5.56 Å². The molecule has 7 heteroatoms. The van der Waals surface area contributed by atoms with Crippen molar-refractivity contribution in [2.24, 2.45) is 5.41 Å². The topological polar surface area (TPSA) is 49.4 Å². The van der Waals surface area contributed by atoms with Crippen LogP contribution in [0.1, 0.15) is 52.5 Å². The minimum atomic E-state index is -4.46. The molecule has 4 nitrogen and oxygen atoms in total. The number of nitrogens with zero attached hydrogens (tertiary/aromatic N) is 1. The van der Waals surface area contributed by atoms with Gasteiger partial charge >= 0.3 is 6.18 Å². The van der Waals surface area contributed by atoms with Gasteiger partial charge < -0.3 is 10.2 Å². The smallest absolute Gasteiger partial charge is 0.356 e. The second-order valence-corrected chi connectivity index (χ2v) is 7.39. The standard InChI is InChI=1S/C19H27F3N2O2/c1-5-17(26)24(11-7-10-23-16(25)13-18(2,3)4)15-9-6-8-14(12-15)19(20,21)22/h6,8-9,12H,5,7,10-11,13H2,1-4H3,(H,23,25). The SMILES string of the molecule is CCC(=O)N(CCCNC(=O)CC(C)(C)C)c1cccc(C(F)(F)F)c1. The maximum absolute atomic E-state index is 12.9. The Morgan fingerprint density at radius 2 is 1.81 bits per heavy atom. The average molecular weight is 372 g/mol. The van der Waals surface area contributed by atoms with E-state index in [-0.39, 0.29) is 35.9 Å². The zero-order chi connectivity index (χ0) is 20.0. The van der Waals surface area contributed by atoms with Gasteiger partial charge in [0.25, 0.3) is 0 Å². The lowest BCUT2D eigenvalue weighted by Gasteiger charge is -2.24. The number of amides is 2. The van der Waals surface area contributed by atoms with Gasteiger partial charge in [-0.05, 0) is 30.0 Å². The molecule has 0 saturated heterocycles. The van der Waals surface area contributed by atoms with Crippen LogP contribution in [0.2, 0.25) is 0 Å². The van der Waals surface area contributed by atoms with Crippen molar-refractivity contribution < 1.29 is 22.8 Å². The summed E-state index contributed by atoms with van der Waals surface area (Å²) >= 11 is 0. The van der Waals surface area contributed by atoms with Gasteiger partial charge in [0.1, 0.15) is 0 Å². The molecule has 26 heavy (non-hydrogen) atoms. The summed E-state index contributed by atoms with van der Waals surface area (Å²) in [4.78, 5) is 25.3. The second kappa shape index (κ2) is 9.05. The first-order valence-corrected chi connectivity index (χ1v) is 8.68. The molecule has 146 valence electrons. The number of carbonyl (C=O) groups is 2. The highest BCUT2D eigenvalue weighted by Gasteiger charge is 2.31. The summed E-state index contributed by atoms with van der Waals surface area (Å²) in [5.41, 5.74) is -0.693. The van der Waals surface area contributed by atoms with Gasteiger partial charge in [-0.1, -0.05) is 33.8 Å². The summed E-state index contributed by atoms with van der Waals surface area (Å²) in [5, 5.41) is 2.78. The van der Waals surface area contributed by atoms with Crippen LogP contribution in [0.5, 0.6) is 0 Å². The molecule has 2 amide bonds. The van der Waals surface area contributed by atoms with Crippen molar-refractivity contribution in [3.8, 4) is 0 Å².